The third-order valence-electron chi connectivity index (χ3n) is 5.50. The molecule has 1 N–H and O–H groups in total. The number of piperazine rings is 1. The molecule has 0 aromatic heterocycles. The minimum absolute atomic E-state index is 0.154. The highest BCUT2D eigenvalue weighted by Crippen LogP contribution is 2.33. The Labute approximate surface area is 158 Å². The van der Waals surface area contributed by atoms with Crippen molar-refractivity contribution in [3.8, 4) is 11.5 Å². The molecular formula is C21H23N3O3. The average Bonchev–Trinajstić information content (AvgIpc) is 3.45. The Bertz CT molecular complexity index is 840. The number of amides is 1. The van der Waals surface area contributed by atoms with Crippen molar-refractivity contribution in [1.82, 2.24) is 4.90 Å². The lowest BCUT2D eigenvalue weighted by Gasteiger charge is -2.36. The zero-order chi connectivity index (χ0) is 18.2. The van der Waals surface area contributed by atoms with Crippen molar-refractivity contribution >= 4 is 17.3 Å². The molecule has 1 amide bonds. The number of hydrogen-bond donors (Lipinski definition) is 1. The van der Waals surface area contributed by atoms with E-state index in [-0.39, 0.29) is 12.7 Å². The first-order chi connectivity index (χ1) is 13.3. The van der Waals surface area contributed by atoms with Gasteiger partial charge >= 0.3 is 0 Å². The SMILES string of the molecule is O=C(Nc1ccc(N2CCN(C3CC3)CC2)cc1)c1ccc2c(c1)OCO2. The van der Waals surface area contributed by atoms with Gasteiger partial charge in [-0.05, 0) is 55.3 Å². The van der Waals surface area contributed by atoms with Gasteiger partial charge in [-0.25, -0.2) is 0 Å². The summed E-state index contributed by atoms with van der Waals surface area (Å²) in [6, 6.07) is 14.2. The molecule has 0 bridgehead atoms. The summed E-state index contributed by atoms with van der Waals surface area (Å²) in [4.78, 5) is 17.5. The number of benzene rings is 2. The molecule has 2 aliphatic heterocycles. The fourth-order valence-electron chi connectivity index (χ4n) is 3.78. The largest absolute Gasteiger partial charge is 0.454 e. The van der Waals surface area contributed by atoms with Crippen LogP contribution < -0.4 is 19.7 Å². The van der Waals surface area contributed by atoms with Gasteiger partial charge in [-0.3, -0.25) is 9.69 Å². The predicted molar refractivity (Wildman–Crippen MR) is 104 cm³/mol. The van der Waals surface area contributed by atoms with Crippen LogP contribution in [-0.2, 0) is 0 Å². The highest BCUT2D eigenvalue weighted by molar-refractivity contribution is 6.04. The topological polar surface area (TPSA) is 54.0 Å². The van der Waals surface area contributed by atoms with Crippen LogP contribution >= 0.6 is 0 Å². The van der Waals surface area contributed by atoms with Gasteiger partial charge in [-0.15, -0.1) is 0 Å². The van der Waals surface area contributed by atoms with Crippen molar-refractivity contribution in [2.45, 2.75) is 18.9 Å². The minimum atomic E-state index is -0.154. The maximum atomic E-state index is 12.5. The lowest BCUT2D eigenvalue weighted by atomic mass is 10.1. The van der Waals surface area contributed by atoms with Crippen molar-refractivity contribution in [2.24, 2.45) is 0 Å². The molecule has 27 heavy (non-hydrogen) atoms. The van der Waals surface area contributed by atoms with E-state index in [1.54, 1.807) is 18.2 Å². The second kappa shape index (κ2) is 6.78. The zero-order valence-corrected chi connectivity index (χ0v) is 15.2. The molecule has 1 saturated carbocycles. The fraction of sp³-hybridized carbons (Fsp3) is 0.381. The van der Waals surface area contributed by atoms with Gasteiger partial charge < -0.3 is 19.7 Å². The summed E-state index contributed by atoms with van der Waals surface area (Å²) in [6.07, 6.45) is 2.75. The van der Waals surface area contributed by atoms with E-state index in [4.69, 9.17) is 9.47 Å². The summed E-state index contributed by atoms with van der Waals surface area (Å²) >= 11 is 0. The molecule has 3 aliphatic rings. The summed E-state index contributed by atoms with van der Waals surface area (Å²) in [5.41, 5.74) is 2.56. The van der Waals surface area contributed by atoms with Crippen molar-refractivity contribution in [3.63, 3.8) is 0 Å². The summed E-state index contributed by atoms with van der Waals surface area (Å²) < 4.78 is 10.6. The number of ether oxygens (including phenoxy) is 2. The number of carbonyl (C=O) groups is 1. The third kappa shape index (κ3) is 3.45. The predicted octanol–water partition coefficient (Wildman–Crippen LogP) is 2.95. The molecule has 0 spiro atoms. The Hall–Kier alpha value is -2.73. The van der Waals surface area contributed by atoms with Crippen LogP contribution in [0, 0.1) is 0 Å². The van der Waals surface area contributed by atoms with Gasteiger partial charge in [0.25, 0.3) is 5.91 Å². The first-order valence-corrected chi connectivity index (χ1v) is 9.56. The summed E-state index contributed by atoms with van der Waals surface area (Å²) in [7, 11) is 0. The van der Waals surface area contributed by atoms with Crippen LogP contribution in [-0.4, -0.2) is 49.8 Å². The summed E-state index contributed by atoms with van der Waals surface area (Å²) in [5, 5.41) is 2.95. The molecule has 0 atom stereocenters. The molecule has 2 fully saturated rings. The second-order valence-electron chi connectivity index (χ2n) is 7.32. The molecule has 6 heteroatoms. The summed E-state index contributed by atoms with van der Waals surface area (Å²) in [5.74, 6) is 1.14. The molecular weight excluding hydrogens is 342 g/mol. The van der Waals surface area contributed by atoms with E-state index in [1.165, 1.54) is 18.5 Å². The third-order valence-corrected chi connectivity index (χ3v) is 5.50. The van der Waals surface area contributed by atoms with Gasteiger partial charge in [0.1, 0.15) is 0 Å². The number of rotatable bonds is 4. The fourth-order valence-corrected chi connectivity index (χ4v) is 3.78. The Morgan fingerprint density at radius 3 is 2.41 bits per heavy atom. The molecule has 5 rings (SSSR count). The number of fused-ring (bicyclic) bond motifs is 1. The molecule has 0 unspecified atom stereocenters. The standard InChI is InChI=1S/C21H23N3O3/c25-21(15-1-8-19-20(13-15)27-14-26-19)22-16-2-4-17(5-3-16)23-9-11-24(12-10-23)18-6-7-18/h1-5,8,13,18H,6-7,9-12,14H2,(H,22,25). The van der Waals surface area contributed by atoms with E-state index in [1.807, 2.05) is 12.1 Å². The Morgan fingerprint density at radius 1 is 0.926 bits per heavy atom. The van der Waals surface area contributed by atoms with Crippen LogP contribution in [0.4, 0.5) is 11.4 Å². The van der Waals surface area contributed by atoms with Gasteiger partial charge in [0.2, 0.25) is 6.79 Å². The minimum Gasteiger partial charge on any atom is -0.454 e. The molecule has 2 heterocycles. The van der Waals surface area contributed by atoms with E-state index in [2.05, 4.69) is 27.2 Å². The number of hydrogen-bond acceptors (Lipinski definition) is 5. The van der Waals surface area contributed by atoms with Gasteiger partial charge in [-0.2, -0.15) is 0 Å². The van der Waals surface area contributed by atoms with Gasteiger partial charge in [0, 0.05) is 49.2 Å². The van der Waals surface area contributed by atoms with Crippen LogP contribution in [0.1, 0.15) is 23.2 Å². The number of anilines is 2. The molecule has 2 aromatic rings. The van der Waals surface area contributed by atoms with Crippen molar-refractivity contribution in [3.05, 3.63) is 48.0 Å². The maximum Gasteiger partial charge on any atom is 0.255 e. The second-order valence-corrected chi connectivity index (χ2v) is 7.32. The number of carbonyl (C=O) groups excluding carboxylic acids is 1. The number of nitrogens with zero attached hydrogens (tertiary/aromatic N) is 2. The lowest BCUT2D eigenvalue weighted by Crippen LogP contribution is -2.47. The van der Waals surface area contributed by atoms with Crippen LogP contribution in [0.3, 0.4) is 0 Å². The molecule has 2 aromatic carbocycles. The zero-order valence-electron chi connectivity index (χ0n) is 15.2. The highest BCUT2D eigenvalue weighted by atomic mass is 16.7. The van der Waals surface area contributed by atoms with Gasteiger partial charge in [0.15, 0.2) is 11.5 Å². The van der Waals surface area contributed by atoms with Crippen LogP contribution in [0.2, 0.25) is 0 Å². The molecule has 1 saturated heterocycles. The van der Waals surface area contributed by atoms with Crippen molar-refractivity contribution in [1.29, 1.82) is 0 Å². The van der Waals surface area contributed by atoms with E-state index in [0.717, 1.165) is 37.9 Å². The smallest absolute Gasteiger partial charge is 0.255 e. The molecule has 1 aliphatic carbocycles. The molecule has 6 nitrogen and oxygen atoms in total. The van der Waals surface area contributed by atoms with Crippen LogP contribution in [0.5, 0.6) is 11.5 Å². The van der Waals surface area contributed by atoms with Crippen LogP contribution in [0.25, 0.3) is 0 Å². The Balaban J connectivity index is 1.21. The monoisotopic (exact) mass is 365 g/mol. The van der Waals surface area contributed by atoms with E-state index in [0.29, 0.717) is 17.1 Å². The van der Waals surface area contributed by atoms with E-state index >= 15 is 0 Å². The number of nitrogens with one attached hydrogen (secondary N) is 1. The Morgan fingerprint density at radius 2 is 1.67 bits per heavy atom. The average molecular weight is 365 g/mol. The molecule has 140 valence electrons. The highest BCUT2D eigenvalue weighted by Gasteiger charge is 2.31. The van der Waals surface area contributed by atoms with Crippen molar-refractivity contribution in [2.75, 3.05) is 43.2 Å². The van der Waals surface area contributed by atoms with Crippen LogP contribution in [0.15, 0.2) is 42.5 Å². The lowest BCUT2D eigenvalue weighted by molar-refractivity contribution is 0.102. The molecule has 0 radical (unpaired) electrons. The quantitative estimate of drug-likeness (QED) is 0.903. The first-order valence-electron chi connectivity index (χ1n) is 9.56. The van der Waals surface area contributed by atoms with Crippen molar-refractivity contribution < 1.29 is 14.3 Å². The first kappa shape index (κ1) is 16.4. The summed E-state index contributed by atoms with van der Waals surface area (Å²) in [6.45, 7) is 4.64. The maximum absolute atomic E-state index is 12.5. The van der Waals surface area contributed by atoms with E-state index < -0.39 is 0 Å². The van der Waals surface area contributed by atoms with E-state index in [9.17, 15) is 4.79 Å². The normalized spacial score (nSPS) is 19.2. The van der Waals surface area contributed by atoms with Gasteiger partial charge in [0.05, 0.1) is 0 Å². The Kier molecular flexibility index (Phi) is 4.13. The van der Waals surface area contributed by atoms with Gasteiger partial charge in [-0.1, -0.05) is 0 Å².